The van der Waals surface area contributed by atoms with E-state index in [1.165, 1.54) is 23.1 Å². The number of carboxylic acid groups (broad SMARTS) is 1. The number of nitro benzene ring substituents is 1. The van der Waals surface area contributed by atoms with Crippen LogP contribution in [0.3, 0.4) is 0 Å². The van der Waals surface area contributed by atoms with Gasteiger partial charge in [-0.3, -0.25) is 15.0 Å². The Morgan fingerprint density at radius 2 is 1.96 bits per heavy atom. The fourth-order valence-corrected chi connectivity index (χ4v) is 2.68. The Hall–Kier alpha value is -2.82. The topological polar surface area (TPSA) is 117 Å². The second-order valence-corrected chi connectivity index (χ2v) is 6.91. The molecule has 8 nitrogen and oxygen atoms in total. The van der Waals surface area contributed by atoms with E-state index in [2.05, 4.69) is 0 Å². The number of nitriles is 1. The number of amides is 1. The third-order valence-electron chi connectivity index (χ3n) is 3.36. The highest BCUT2D eigenvalue weighted by molar-refractivity contribution is 5.67. The molecule has 1 amide bonds. The van der Waals surface area contributed by atoms with Gasteiger partial charge in [0.15, 0.2) is 5.56 Å². The van der Waals surface area contributed by atoms with Crippen LogP contribution in [0.5, 0.6) is 5.75 Å². The maximum Gasteiger partial charge on any atom is 0.408 e. The van der Waals surface area contributed by atoms with E-state index in [-0.39, 0.29) is 23.6 Å². The summed E-state index contributed by atoms with van der Waals surface area (Å²) in [5.74, 6) is 0.0547. The van der Waals surface area contributed by atoms with Crippen LogP contribution in [0.1, 0.15) is 40.2 Å². The molecule has 0 unspecified atom stereocenters. The summed E-state index contributed by atoms with van der Waals surface area (Å²) in [4.78, 5) is 23.2. The molecule has 0 aromatic heterocycles. The molecule has 1 N–H and O–H groups in total. The van der Waals surface area contributed by atoms with Crippen molar-refractivity contribution in [1.82, 2.24) is 4.90 Å². The molecule has 0 atom stereocenters. The van der Waals surface area contributed by atoms with Crippen LogP contribution in [-0.2, 0) is 0 Å². The highest BCUT2D eigenvalue weighted by Gasteiger charge is 2.39. The van der Waals surface area contributed by atoms with Crippen molar-refractivity contribution < 1.29 is 19.6 Å². The number of carbonyl (C=O) groups is 1. The first-order chi connectivity index (χ1) is 10.9. The molecule has 0 fully saturated rings. The van der Waals surface area contributed by atoms with E-state index in [0.29, 0.717) is 0 Å². The van der Waals surface area contributed by atoms with Crippen molar-refractivity contribution in [2.24, 2.45) is 0 Å². The van der Waals surface area contributed by atoms with Gasteiger partial charge in [0.05, 0.1) is 10.5 Å². The Labute approximate surface area is 140 Å². The molecular formula is C16H21N3O5. The van der Waals surface area contributed by atoms with Gasteiger partial charge in [-0.05, 0) is 40.7 Å². The predicted octanol–water partition coefficient (Wildman–Crippen LogP) is 3.40. The quantitative estimate of drug-likeness (QED) is 0.651. The summed E-state index contributed by atoms with van der Waals surface area (Å²) < 4.78 is 5.58. The van der Waals surface area contributed by atoms with Crippen LogP contribution in [0.2, 0.25) is 0 Å². The molecule has 130 valence electrons. The lowest BCUT2D eigenvalue weighted by Crippen LogP contribution is -2.59. The molecule has 0 aliphatic rings. The summed E-state index contributed by atoms with van der Waals surface area (Å²) in [6, 6.07) is 5.85. The van der Waals surface area contributed by atoms with E-state index in [0.717, 1.165) is 0 Å². The van der Waals surface area contributed by atoms with Gasteiger partial charge >= 0.3 is 6.09 Å². The first-order valence-electron chi connectivity index (χ1n) is 7.25. The van der Waals surface area contributed by atoms with Crippen molar-refractivity contribution >= 4 is 11.8 Å². The lowest BCUT2D eigenvalue weighted by Gasteiger charge is -2.44. The summed E-state index contributed by atoms with van der Waals surface area (Å²) >= 11 is 0. The number of ether oxygens (including phenoxy) is 1. The fraction of sp³-hybridized carbons (Fsp3) is 0.500. The lowest BCUT2D eigenvalue weighted by atomic mass is 9.96. The molecule has 0 aliphatic carbocycles. The van der Waals surface area contributed by atoms with Gasteiger partial charge in [-0.2, -0.15) is 5.26 Å². The van der Waals surface area contributed by atoms with Crippen LogP contribution in [0.25, 0.3) is 0 Å². The van der Waals surface area contributed by atoms with E-state index in [1.807, 2.05) is 0 Å². The van der Waals surface area contributed by atoms with Crippen LogP contribution in [0.4, 0.5) is 10.5 Å². The van der Waals surface area contributed by atoms with E-state index in [1.54, 1.807) is 40.7 Å². The van der Waals surface area contributed by atoms with Gasteiger partial charge in [-0.25, -0.2) is 4.79 Å². The van der Waals surface area contributed by atoms with E-state index >= 15 is 0 Å². The van der Waals surface area contributed by atoms with Gasteiger partial charge in [0, 0.05) is 11.6 Å². The van der Waals surface area contributed by atoms with Gasteiger partial charge in [0.2, 0.25) is 0 Å². The zero-order chi connectivity index (χ0) is 18.7. The summed E-state index contributed by atoms with van der Waals surface area (Å²) in [5, 5.41) is 29.6. The highest BCUT2D eigenvalue weighted by atomic mass is 16.6. The Balaban J connectivity index is 3.12. The largest absolute Gasteiger partial charge is 0.489 e. The molecule has 24 heavy (non-hydrogen) atoms. The Kier molecular flexibility index (Phi) is 5.40. The first kappa shape index (κ1) is 19.2. The summed E-state index contributed by atoms with van der Waals surface area (Å²) in [5.41, 5.74) is -2.12. The summed E-state index contributed by atoms with van der Waals surface area (Å²) in [6.07, 6.45) is -1.10. The SMILES string of the molecule is CC(C)(C)N(C(=O)O)C(C)(C)COc1cccc([N+](=O)[O-])c1C#N. The standard InChI is InChI=1S/C16H21N3O5/c1-15(2,3)18(14(20)21)16(4,5)10-24-13-8-6-7-12(19(22)23)11(13)9-17/h6-8H,10H2,1-5H3,(H,20,21). The molecule has 0 heterocycles. The van der Waals surface area contributed by atoms with Gasteiger partial charge < -0.3 is 9.84 Å². The molecule has 1 aromatic carbocycles. The molecule has 0 saturated carbocycles. The Bertz CT molecular complexity index is 686. The van der Waals surface area contributed by atoms with Crippen molar-refractivity contribution in [1.29, 1.82) is 5.26 Å². The van der Waals surface area contributed by atoms with Crippen LogP contribution in [0.15, 0.2) is 18.2 Å². The minimum Gasteiger partial charge on any atom is -0.489 e. The zero-order valence-corrected chi connectivity index (χ0v) is 14.4. The second-order valence-electron chi connectivity index (χ2n) is 6.91. The maximum atomic E-state index is 11.6. The van der Waals surface area contributed by atoms with Crippen molar-refractivity contribution in [3.05, 3.63) is 33.9 Å². The molecule has 8 heteroatoms. The van der Waals surface area contributed by atoms with Crippen LogP contribution < -0.4 is 4.74 Å². The number of benzene rings is 1. The van der Waals surface area contributed by atoms with Crippen LogP contribution in [-0.4, -0.2) is 38.7 Å². The van der Waals surface area contributed by atoms with Crippen molar-refractivity contribution in [3.63, 3.8) is 0 Å². The summed E-state index contributed by atoms with van der Waals surface area (Å²) in [6.45, 7) is 8.60. The summed E-state index contributed by atoms with van der Waals surface area (Å²) in [7, 11) is 0. The maximum absolute atomic E-state index is 11.6. The Morgan fingerprint density at radius 1 is 1.38 bits per heavy atom. The van der Waals surface area contributed by atoms with E-state index in [9.17, 15) is 20.0 Å². The smallest absolute Gasteiger partial charge is 0.408 e. The number of hydrogen-bond donors (Lipinski definition) is 1. The molecule has 0 bridgehead atoms. The van der Waals surface area contributed by atoms with Gasteiger partial charge in [0.1, 0.15) is 18.4 Å². The zero-order valence-electron chi connectivity index (χ0n) is 14.4. The Morgan fingerprint density at radius 3 is 2.38 bits per heavy atom. The van der Waals surface area contributed by atoms with Gasteiger partial charge in [0.25, 0.3) is 5.69 Å². The number of nitro groups is 1. The van der Waals surface area contributed by atoms with Crippen molar-refractivity contribution in [3.8, 4) is 11.8 Å². The molecule has 0 saturated heterocycles. The number of hydrogen-bond acceptors (Lipinski definition) is 5. The van der Waals surface area contributed by atoms with Gasteiger partial charge in [-0.15, -0.1) is 0 Å². The van der Waals surface area contributed by atoms with E-state index in [4.69, 9.17) is 10.00 Å². The number of rotatable bonds is 5. The molecule has 0 radical (unpaired) electrons. The monoisotopic (exact) mass is 335 g/mol. The lowest BCUT2D eigenvalue weighted by molar-refractivity contribution is -0.385. The third-order valence-corrected chi connectivity index (χ3v) is 3.36. The van der Waals surface area contributed by atoms with Crippen molar-refractivity contribution in [2.75, 3.05) is 6.61 Å². The minimum absolute atomic E-state index is 0.0547. The normalized spacial score (nSPS) is 11.5. The second kappa shape index (κ2) is 6.74. The van der Waals surface area contributed by atoms with E-state index < -0.39 is 22.1 Å². The first-order valence-corrected chi connectivity index (χ1v) is 7.25. The highest BCUT2D eigenvalue weighted by Crippen LogP contribution is 2.30. The third kappa shape index (κ3) is 4.13. The van der Waals surface area contributed by atoms with Crippen molar-refractivity contribution in [2.45, 2.75) is 45.7 Å². The van der Waals surface area contributed by atoms with Crippen LogP contribution in [0, 0.1) is 21.4 Å². The molecule has 1 aromatic rings. The molecular weight excluding hydrogens is 314 g/mol. The average molecular weight is 335 g/mol. The number of nitrogens with zero attached hydrogens (tertiary/aromatic N) is 3. The molecule has 1 rings (SSSR count). The molecule has 0 aliphatic heterocycles. The van der Waals surface area contributed by atoms with Crippen LogP contribution >= 0.6 is 0 Å². The predicted molar refractivity (Wildman–Crippen MR) is 87.0 cm³/mol. The van der Waals surface area contributed by atoms with Gasteiger partial charge in [-0.1, -0.05) is 6.07 Å². The molecule has 0 spiro atoms. The minimum atomic E-state index is -1.10. The fourth-order valence-electron chi connectivity index (χ4n) is 2.68. The average Bonchev–Trinajstić information content (AvgIpc) is 2.41.